The molecule has 4 rings (SSSR count). The predicted octanol–water partition coefficient (Wildman–Crippen LogP) is 5.28. The largest absolute Gasteiger partial charge is 0.0599 e. The van der Waals surface area contributed by atoms with Crippen LogP contribution in [0.5, 0.6) is 0 Å². The Balaban J connectivity index is 2.08. The van der Waals surface area contributed by atoms with Gasteiger partial charge in [0.15, 0.2) is 0 Å². The molecule has 0 heteroatoms. The molecular formula is C17H30. The molecular weight excluding hydrogens is 204 g/mol. The Labute approximate surface area is 108 Å². The second-order valence-corrected chi connectivity index (χ2v) is 9.75. The van der Waals surface area contributed by atoms with Gasteiger partial charge in [-0.15, -0.1) is 0 Å². The van der Waals surface area contributed by atoms with Crippen LogP contribution in [0.4, 0.5) is 0 Å². The van der Waals surface area contributed by atoms with Crippen LogP contribution in [0.25, 0.3) is 0 Å². The lowest BCUT2D eigenvalue weighted by molar-refractivity contribution is -0.216. The SMILES string of the molecule is CC12CC3CC(C)(C1)C(C(C)(C)C)C(C)(C3)C2. The lowest BCUT2D eigenvalue weighted by Crippen LogP contribution is -2.62. The highest BCUT2D eigenvalue weighted by molar-refractivity contribution is 5.15. The molecule has 2 unspecified atom stereocenters. The topological polar surface area (TPSA) is 0 Å². The van der Waals surface area contributed by atoms with Crippen molar-refractivity contribution in [3.63, 3.8) is 0 Å². The second kappa shape index (κ2) is 2.94. The number of rotatable bonds is 0. The zero-order valence-electron chi connectivity index (χ0n) is 12.7. The van der Waals surface area contributed by atoms with Gasteiger partial charge in [-0.25, -0.2) is 0 Å². The molecule has 0 aromatic heterocycles. The van der Waals surface area contributed by atoms with Crippen molar-refractivity contribution in [2.45, 2.75) is 73.6 Å². The predicted molar refractivity (Wildman–Crippen MR) is 73.8 cm³/mol. The number of hydrogen-bond donors (Lipinski definition) is 0. The van der Waals surface area contributed by atoms with Crippen LogP contribution in [0.3, 0.4) is 0 Å². The third-order valence-corrected chi connectivity index (χ3v) is 6.21. The van der Waals surface area contributed by atoms with Crippen molar-refractivity contribution < 1.29 is 0 Å². The fourth-order valence-electron chi connectivity index (χ4n) is 7.91. The molecule has 0 radical (unpaired) electrons. The molecule has 0 heterocycles. The van der Waals surface area contributed by atoms with Crippen LogP contribution < -0.4 is 0 Å². The van der Waals surface area contributed by atoms with Gasteiger partial charge in [0.05, 0.1) is 0 Å². The highest BCUT2D eigenvalue weighted by Gasteiger charge is 2.65. The van der Waals surface area contributed by atoms with Crippen LogP contribution in [0, 0.1) is 33.5 Å². The quantitative estimate of drug-likeness (QED) is 0.535. The Bertz CT molecular complexity index is 326. The number of hydrogen-bond acceptors (Lipinski definition) is 0. The van der Waals surface area contributed by atoms with E-state index in [1.165, 1.54) is 32.1 Å². The molecule has 0 aromatic carbocycles. The van der Waals surface area contributed by atoms with Crippen molar-refractivity contribution in [3.8, 4) is 0 Å². The summed E-state index contributed by atoms with van der Waals surface area (Å²) in [6.07, 6.45) is 7.54. The molecule has 0 spiro atoms. The summed E-state index contributed by atoms with van der Waals surface area (Å²) in [6.45, 7) is 15.3. The van der Waals surface area contributed by atoms with E-state index in [0.717, 1.165) is 11.8 Å². The van der Waals surface area contributed by atoms with E-state index in [1.807, 2.05) is 0 Å². The van der Waals surface area contributed by atoms with E-state index in [4.69, 9.17) is 0 Å². The summed E-state index contributed by atoms with van der Waals surface area (Å²) in [7, 11) is 0. The average Bonchev–Trinajstić information content (AvgIpc) is 1.88. The first kappa shape index (κ1) is 12.1. The van der Waals surface area contributed by atoms with Gasteiger partial charge < -0.3 is 0 Å². The Morgan fingerprint density at radius 3 is 1.65 bits per heavy atom. The molecule has 17 heavy (non-hydrogen) atoms. The summed E-state index contributed by atoms with van der Waals surface area (Å²) in [6, 6.07) is 0. The third kappa shape index (κ3) is 1.55. The smallest absolute Gasteiger partial charge is 0.0257 e. The van der Waals surface area contributed by atoms with Gasteiger partial charge >= 0.3 is 0 Å². The molecule has 4 aliphatic rings. The molecule has 4 bridgehead atoms. The van der Waals surface area contributed by atoms with Gasteiger partial charge in [-0.3, -0.25) is 0 Å². The van der Waals surface area contributed by atoms with E-state index < -0.39 is 0 Å². The molecule has 4 fully saturated rings. The zero-order chi connectivity index (χ0) is 12.7. The van der Waals surface area contributed by atoms with Gasteiger partial charge in [0.2, 0.25) is 0 Å². The maximum Gasteiger partial charge on any atom is -0.0257 e. The van der Waals surface area contributed by atoms with Crippen molar-refractivity contribution >= 4 is 0 Å². The van der Waals surface area contributed by atoms with Gasteiger partial charge in [-0.1, -0.05) is 41.5 Å². The molecule has 0 aromatic rings. The lowest BCUT2D eigenvalue weighted by Gasteiger charge is -2.71. The van der Waals surface area contributed by atoms with E-state index in [-0.39, 0.29) is 0 Å². The van der Waals surface area contributed by atoms with Crippen LogP contribution in [0.15, 0.2) is 0 Å². The third-order valence-electron chi connectivity index (χ3n) is 6.21. The summed E-state index contributed by atoms with van der Waals surface area (Å²) in [4.78, 5) is 0. The Hall–Kier alpha value is 0. The molecule has 0 aliphatic heterocycles. The highest BCUT2D eigenvalue weighted by atomic mass is 14.7. The fraction of sp³-hybridized carbons (Fsp3) is 1.00. The van der Waals surface area contributed by atoms with Crippen molar-refractivity contribution in [2.75, 3.05) is 0 Å². The van der Waals surface area contributed by atoms with E-state index in [1.54, 1.807) is 0 Å². The Kier molecular flexibility index (Phi) is 2.08. The monoisotopic (exact) mass is 234 g/mol. The molecule has 98 valence electrons. The minimum Gasteiger partial charge on any atom is -0.0599 e. The van der Waals surface area contributed by atoms with Crippen LogP contribution in [-0.4, -0.2) is 0 Å². The summed E-state index contributed by atoms with van der Waals surface area (Å²) in [5.74, 6) is 1.96. The molecule has 4 saturated carbocycles. The molecule has 4 aliphatic carbocycles. The molecule has 0 nitrogen and oxygen atoms in total. The van der Waals surface area contributed by atoms with Crippen LogP contribution in [0.2, 0.25) is 0 Å². The van der Waals surface area contributed by atoms with Gasteiger partial charge in [-0.2, -0.15) is 0 Å². The van der Waals surface area contributed by atoms with Crippen molar-refractivity contribution in [1.82, 2.24) is 0 Å². The molecule has 0 saturated heterocycles. The molecule has 0 amide bonds. The van der Waals surface area contributed by atoms with Crippen LogP contribution in [0.1, 0.15) is 73.6 Å². The van der Waals surface area contributed by atoms with Crippen molar-refractivity contribution in [2.24, 2.45) is 33.5 Å². The summed E-state index contributed by atoms with van der Waals surface area (Å²) >= 11 is 0. The van der Waals surface area contributed by atoms with E-state index in [0.29, 0.717) is 21.7 Å². The molecule has 0 N–H and O–H groups in total. The van der Waals surface area contributed by atoms with Crippen molar-refractivity contribution in [3.05, 3.63) is 0 Å². The maximum absolute atomic E-state index is 2.61. The Morgan fingerprint density at radius 2 is 1.29 bits per heavy atom. The van der Waals surface area contributed by atoms with Gasteiger partial charge in [0.1, 0.15) is 0 Å². The van der Waals surface area contributed by atoms with E-state index >= 15 is 0 Å². The van der Waals surface area contributed by atoms with Crippen LogP contribution in [-0.2, 0) is 0 Å². The first-order chi connectivity index (χ1) is 7.57. The van der Waals surface area contributed by atoms with Gasteiger partial charge in [-0.05, 0) is 65.6 Å². The second-order valence-electron chi connectivity index (χ2n) is 9.75. The lowest BCUT2D eigenvalue weighted by atomic mass is 9.34. The highest BCUT2D eigenvalue weighted by Crippen LogP contribution is 2.74. The fourth-order valence-corrected chi connectivity index (χ4v) is 7.91. The van der Waals surface area contributed by atoms with Gasteiger partial charge in [0.25, 0.3) is 0 Å². The first-order valence-electron chi connectivity index (χ1n) is 7.57. The minimum absolute atomic E-state index is 0.479. The summed E-state index contributed by atoms with van der Waals surface area (Å²) < 4.78 is 0. The normalized spacial score (nSPS) is 57.5. The average molecular weight is 234 g/mol. The van der Waals surface area contributed by atoms with Crippen molar-refractivity contribution in [1.29, 1.82) is 0 Å². The summed E-state index contributed by atoms with van der Waals surface area (Å²) in [5.41, 5.74) is 2.40. The first-order valence-corrected chi connectivity index (χ1v) is 7.57. The zero-order valence-corrected chi connectivity index (χ0v) is 12.7. The summed E-state index contributed by atoms with van der Waals surface area (Å²) in [5, 5.41) is 0. The van der Waals surface area contributed by atoms with E-state index in [9.17, 15) is 0 Å². The molecule has 2 atom stereocenters. The van der Waals surface area contributed by atoms with Gasteiger partial charge in [0, 0.05) is 0 Å². The Morgan fingerprint density at radius 1 is 0.824 bits per heavy atom. The standard InChI is InChI=1S/C17H30/c1-14(2,3)13-16(5)8-12-7-15(4,10-16)11-17(13,6)9-12/h12-13H,7-11H2,1-6H3. The van der Waals surface area contributed by atoms with E-state index in [2.05, 4.69) is 41.5 Å². The van der Waals surface area contributed by atoms with Crippen LogP contribution >= 0.6 is 0 Å². The minimum atomic E-state index is 0.479. The maximum atomic E-state index is 2.61.